The van der Waals surface area contributed by atoms with Gasteiger partial charge in [0.05, 0.1) is 19.6 Å². The van der Waals surface area contributed by atoms with Gasteiger partial charge in [-0.25, -0.2) is 0 Å². The number of carbonyl (C=O) groups is 1. The number of hydrogen-bond donors (Lipinski definition) is 0. The van der Waals surface area contributed by atoms with Gasteiger partial charge in [0.1, 0.15) is 5.75 Å². The van der Waals surface area contributed by atoms with Crippen molar-refractivity contribution in [2.24, 2.45) is 0 Å². The Kier molecular flexibility index (Phi) is 3.60. The SMILES string of the molecule is CCc1cc(C2(C(=O)OC)CCC2)ccc1OC. The molecule has 0 aliphatic heterocycles. The molecule has 0 atom stereocenters. The van der Waals surface area contributed by atoms with E-state index < -0.39 is 5.41 Å². The highest BCUT2D eigenvalue weighted by atomic mass is 16.5. The maximum Gasteiger partial charge on any atom is 0.316 e. The van der Waals surface area contributed by atoms with Gasteiger partial charge in [-0.15, -0.1) is 0 Å². The van der Waals surface area contributed by atoms with Crippen LogP contribution in [0.25, 0.3) is 0 Å². The first-order valence-corrected chi connectivity index (χ1v) is 6.43. The van der Waals surface area contributed by atoms with Crippen LogP contribution < -0.4 is 4.74 Å². The fraction of sp³-hybridized carbons (Fsp3) is 0.533. The average Bonchev–Trinajstić information content (AvgIpc) is 2.36. The third-order valence-corrected chi connectivity index (χ3v) is 4.00. The Labute approximate surface area is 108 Å². The van der Waals surface area contributed by atoms with E-state index in [1.165, 1.54) is 7.11 Å². The van der Waals surface area contributed by atoms with Crippen molar-refractivity contribution in [1.82, 2.24) is 0 Å². The standard InChI is InChI=1S/C15H20O3/c1-4-11-10-12(6-7-13(11)17-2)15(8-5-9-15)14(16)18-3/h6-7,10H,4-5,8-9H2,1-3H3. The molecular formula is C15H20O3. The lowest BCUT2D eigenvalue weighted by molar-refractivity contribution is -0.151. The van der Waals surface area contributed by atoms with E-state index in [0.717, 1.165) is 42.6 Å². The molecule has 1 aliphatic rings. The Morgan fingerprint density at radius 1 is 1.33 bits per heavy atom. The molecule has 1 saturated carbocycles. The first-order chi connectivity index (χ1) is 8.67. The topological polar surface area (TPSA) is 35.5 Å². The van der Waals surface area contributed by atoms with E-state index in [2.05, 4.69) is 13.0 Å². The van der Waals surface area contributed by atoms with Gasteiger partial charge in [0, 0.05) is 0 Å². The van der Waals surface area contributed by atoms with E-state index in [1.807, 2.05) is 12.1 Å². The average molecular weight is 248 g/mol. The Balaban J connectivity index is 2.41. The largest absolute Gasteiger partial charge is 0.496 e. The molecule has 0 spiro atoms. The summed E-state index contributed by atoms with van der Waals surface area (Å²) in [5.74, 6) is 0.779. The van der Waals surface area contributed by atoms with Crippen molar-refractivity contribution in [3.05, 3.63) is 29.3 Å². The van der Waals surface area contributed by atoms with E-state index in [9.17, 15) is 4.79 Å². The van der Waals surface area contributed by atoms with E-state index in [-0.39, 0.29) is 5.97 Å². The molecular weight excluding hydrogens is 228 g/mol. The first-order valence-electron chi connectivity index (χ1n) is 6.43. The predicted molar refractivity (Wildman–Crippen MR) is 69.9 cm³/mol. The number of ether oxygens (including phenoxy) is 2. The van der Waals surface area contributed by atoms with Crippen LogP contribution in [0.4, 0.5) is 0 Å². The molecule has 0 amide bonds. The maximum atomic E-state index is 12.0. The zero-order valence-electron chi connectivity index (χ0n) is 11.3. The summed E-state index contributed by atoms with van der Waals surface area (Å²) in [6.07, 6.45) is 3.75. The van der Waals surface area contributed by atoms with Gasteiger partial charge >= 0.3 is 5.97 Å². The molecule has 1 aliphatic carbocycles. The van der Waals surface area contributed by atoms with Crippen molar-refractivity contribution in [3.8, 4) is 5.75 Å². The molecule has 0 aromatic heterocycles. The summed E-state index contributed by atoms with van der Waals surface area (Å²) in [4.78, 5) is 12.0. The van der Waals surface area contributed by atoms with Gasteiger partial charge in [-0.1, -0.05) is 25.5 Å². The van der Waals surface area contributed by atoms with Crippen LogP contribution in [0.1, 0.15) is 37.3 Å². The Morgan fingerprint density at radius 2 is 2.06 bits per heavy atom. The molecule has 2 rings (SSSR count). The normalized spacial score (nSPS) is 16.8. The highest BCUT2D eigenvalue weighted by molar-refractivity contribution is 5.84. The molecule has 0 N–H and O–H groups in total. The van der Waals surface area contributed by atoms with Gasteiger partial charge in [0.2, 0.25) is 0 Å². The van der Waals surface area contributed by atoms with Gasteiger partial charge < -0.3 is 9.47 Å². The second kappa shape index (κ2) is 5.01. The summed E-state index contributed by atoms with van der Waals surface area (Å²) >= 11 is 0. The lowest BCUT2D eigenvalue weighted by Gasteiger charge is -2.39. The fourth-order valence-electron chi connectivity index (χ4n) is 2.69. The summed E-state index contributed by atoms with van der Waals surface area (Å²) in [6, 6.07) is 6.04. The van der Waals surface area contributed by atoms with E-state index in [4.69, 9.17) is 9.47 Å². The van der Waals surface area contributed by atoms with Crippen LogP contribution in [0.5, 0.6) is 5.75 Å². The third-order valence-electron chi connectivity index (χ3n) is 4.00. The number of aryl methyl sites for hydroxylation is 1. The van der Waals surface area contributed by atoms with Crippen molar-refractivity contribution in [3.63, 3.8) is 0 Å². The number of esters is 1. The minimum atomic E-state index is -0.412. The summed E-state index contributed by atoms with van der Waals surface area (Å²) in [5.41, 5.74) is 1.80. The molecule has 3 heteroatoms. The molecule has 0 unspecified atom stereocenters. The minimum Gasteiger partial charge on any atom is -0.496 e. The highest BCUT2D eigenvalue weighted by Gasteiger charge is 2.46. The van der Waals surface area contributed by atoms with E-state index in [0.29, 0.717) is 0 Å². The van der Waals surface area contributed by atoms with Crippen molar-refractivity contribution >= 4 is 5.97 Å². The van der Waals surface area contributed by atoms with E-state index >= 15 is 0 Å². The summed E-state index contributed by atoms with van der Waals surface area (Å²) in [6.45, 7) is 2.09. The zero-order valence-corrected chi connectivity index (χ0v) is 11.3. The van der Waals surface area contributed by atoms with Crippen LogP contribution in [0.15, 0.2) is 18.2 Å². The Morgan fingerprint density at radius 3 is 2.50 bits per heavy atom. The fourth-order valence-corrected chi connectivity index (χ4v) is 2.69. The molecule has 18 heavy (non-hydrogen) atoms. The molecule has 1 aromatic carbocycles. The Hall–Kier alpha value is -1.51. The minimum absolute atomic E-state index is 0.110. The lowest BCUT2D eigenvalue weighted by atomic mass is 9.64. The lowest BCUT2D eigenvalue weighted by Crippen LogP contribution is -2.43. The summed E-state index contributed by atoms with van der Waals surface area (Å²) in [5, 5.41) is 0. The maximum absolute atomic E-state index is 12.0. The van der Waals surface area contributed by atoms with Crippen molar-refractivity contribution in [1.29, 1.82) is 0 Å². The molecule has 1 aromatic rings. The summed E-state index contributed by atoms with van der Waals surface area (Å²) in [7, 11) is 3.14. The van der Waals surface area contributed by atoms with Crippen LogP contribution in [0.3, 0.4) is 0 Å². The van der Waals surface area contributed by atoms with Crippen molar-refractivity contribution in [2.75, 3.05) is 14.2 Å². The van der Waals surface area contributed by atoms with Crippen molar-refractivity contribution in [2.45, 2.75) is 38.0 Å². The van der Waals surface area contributed by atoms with Crippen LogP contribution in [0.2, 0.25) is 0 Å². The Bertz CT molecular complexity index is 447. The number of carbonyl (C=O) groups excluding carboxylic acids is 1. The molecule has 0 radical (unpaired) electrons. The van der Waals surface area contributed by atoms with Crippen LogP contribution in [-0.2, 0) is 21.4 Å². The van der Waals surface area contributed by atoms with Crippen LogP contribution in [0, 0.1) is 0 Å². The monoisotopic (exact) mass is 248 g/mol. The highest BCUT2D eigenvalue weighted by Crippen LogP contribution is 2.45. The van der Waals surface area contributed by atoms with Gasteiger partial charge in [-0.05, 0) is 36.5 Å². The van der Waals surface area contributed by atoms with Crippen molar-refractivity contribution < 1.29 is 14.3 Å². The van der Waals surface area contributed by atoms with Crippen LogP contribution >= 0.6 is 0 Å². The molecule has 0 bridgehead atoms. The predicted octanol–water partition coefficient (Wildman–Crippen LogP) is 2.85. The molecule has 0 heterocycles. The molecule has 1 fully saturated rings. The van der Waals surface area contributed by atoms with Gasteiger partial charge in [0.25, 0.3) is 0 Å². The zero-order chi connectivity index (χ0) is 13.2. The molecule has 98 valence electrons. The van der Waals surface area contributed by atoms with E-state index in [1.54, 1.807) is 7.11 Å². The third kappa shape index (κ3) is 1.88. The van der Waals surface area contributed by atoms with Gasteiger partial charge in [0.15, 0.2) is 0 Å². The second-order valence-corrected chi connectivity index (χ2v) is 4.81. The number of methoxy groups -OCH3 is 2. The van der Waals surface area contributed by atoms with Crippen LogP contribution in [-0.4, -0.2) is 20.2 Å². The number of hydrogen-bond acceptors (Lipinski definition) is 3. The molecule has 3 nitrogen and oxygen atoms in total. The second-order valence-electron chi connectivity index (χ2n) is 4.81. The number of benzene rings is 1. The first kappa shape index (κ1) is 12.9. The van der Waals surface area contributed by atoms with Gasteiger partial charge in [-0.3, -0.25) is 4.79 Å². The number of rotatable bonds is 4. The summed E-state index contributed by atoms with van der Waals surface area (Å²) < 4.78 is 10.3. The quantitative estimate of drug-likeness (QED) is 0.769. The smallest absolute Gasteiger partial charge is 0.316 e. The molecule has 0 saturated heterocycles. The van der Waals surface area contributed by atoms with Gasteiger partial charge in [-0.2, -0.15) is 0 Å².